The number of phosphoric ester groups is 1. The van der Waals surface area contributed by atoms with Gasteiger partial charge in [-0.2, -0.15) is 0 Å². The van der Waals surface area contributed by atoms with Crippen molar-refractivity contribution in [2.75, 3.05) is 27.4 Å². The number of esters is 1. The minimum atomic E-state index is -5.13. The van der Waals surface area contributed by atoms with E-state index in [9.17, 15) is 39.6 Å². The molecule has 0 radical (unpaired) electrons. The Hall–Kier alpha value is -3.30. The average molecular weight is 716 g/mol. The second-order valence-electron chi connectivity index (χ2n) is 12.1. The molecule has 2 aromatic rings. The van der Waals surface area contributed by atoms with Gasteiger partial charge in [0.25, 0.3) is 0 Å². The number of hydrogen-bond donors (Lipinski definition) is 7. The van der Waals surface area contributed by atoms with Gasteiger partial charge < -0.3 is 67.6 Å². The van der Waals surface area contributed by atoms with Gasteiger partial charge in [0.2, 0.25) is 5.75 Å². The summed E-state index contributed by atoms with van der Waals surface area (Å²) in [7, 11) is -2.77. The fraction of sp³-hybridized carbons (Fsp3) is 0.552. The fourth-order valence-electron chi connectivity index (χ4n) is 7.09. The van der Waals surface area contributed by atoms with Crippen molar-refractivity contribution in [2.24, 2.45) is 17.6 Å². The van der Waals surface area contributed by atoms with Gasteiger partial charge in [-0.1, -0.05) is 0 Å². The summed E-state index contributed by atoms with van der Waals surface area (Å²) < 4.78 is 66.9. The van der Waals surface area contributed by atoms with Crippen molar-refractivity contribution < 1.29 is 86.7 Å². The molecule has 0 saturated carbocycles. The molecule has 3 fully saturated rings. The maximum absolute atomic E-state index is 13.6. The van der Waals surface area contributed by atoms with Crippen LogP contribution in [0.5, 0.6) is 28.7 Å². The van der Waals surface area contributed by atoms with E-state index in [2.05, 4.69) is 0 Å². The van der Waals surface area contributed by atoms with Crippen molar-refractivity contribution in [3.63, 3.8) is 0 Å². The topological polar surface area (TPSA) is 274 Å². The Morgan fingerprint density at radius 2 is 1.61 bits per heavy atom. The summed E-state index contributed by atoms with van der Waals surface area (Å²) in [6.45, 7) is 1.36. The smallest absolute Gasteiger partial charge is 0.493 e. The van der Waals surface area contributed by atoms with Gasteiger partial charge >= 0.3 is 19.9 Å². The molecule has 0 spiro atoms. The molecular weight excluding hydrogens is 681 g/mol. The Kier molecular flexibility index (Phi) is 8.30. The number of cyclic esters (lactones) is 1. The third kappa shape index (κ3) is 5.69. The van der Waals surface area contributed by atoms with E-state index in [1.807, 2.05) is 0 Å². The predicted octanol–water partition coefficient (Wildman–Crippen LogP) is -1.19. The predicted molar refractivity (Wildman–Crippen MR) is 155 cm³/mol. The van der Waals surface area contributed by atoms with E-state index in [1.165, 1.54) is 38.5 Å². The molecule has 4 aliphatic heterocycles. The quantitative estimate of drug-likeness (QED) is 0.101. The van der Waals surface area contributed by atoms with Crippen molar-refractivity contribution in [3.05, 3.63) is 41.0 Å². The lowest BCUT2D eigenvalue weighted by Gasteiger charge is -2.49. The molecule has 7 rings (SSSR count). The standard InChI is InChI=1S/C29H34NO18P/c1-10-41-9-19-25(43-10)21(31)22(32)27(44-19)45-23-12-6-15-16(47-29(30,35)46-15)7-14(12)28(34,20-13(23)8-42-26(20)33)11-4-17(39-2)24(18(5-11)40-3)48-49(36,37)38/h4-7,10,13,19-23,25,27,31-32,34-35H,8-9,30H2,1-3H3,(H2,36,37,38). The van der Waals surface area contributed by atoms with E-state index < -0.39 is 86.2 Å². The van der Waals surface area contributed by atoms with E-state index in [0.717, 1.165) is 0 Å². The Balaban J connectivity index is 1.38. The van der Waals surface area contributed by atoms with Crippen molar-refractivity contribution in [1.29, 1.82) is 0 Å². The normalized spacial score (nSPS) is 37.8. The number of aliphatic hydroxyl groups excluding tert-OH is 2. The minimum absolute atomic E-state index is 0.0172. The molecule has 4 heterocycles. The molecule has 3 saturated heterocycles. The molecular formula is C29H34NO18P. The molecule has 11 unspecified atom stereocenters. The number of rotatable bonds is 7. The summed E-state index contributed by atoms with van der Waals surface area (Å²) >= 11 is 0. The number of phosphoric acid groups is 1. The zero-order chi connectivity index (χ0) is 35.2. The van der Waals surface area contributed by atoms with E-state index in [1.54, 1.807) is 6.92 Å². The lowest BCUT2D eigenvalue weighted by molar-refractivity contribution is -0.365. The monoisotopic (exact) mass is 715 g/mol. The lowest BCUT2D eigenvalue weighted by atomic mass is 9.63. The lowest BCUT2D eigenvalue weighted by Crippen LogP contribution is -2.63. The highest BCUT2D eigenvalue weighted by Crippen LogP contribution is 2.60. The van der Waals surface area contributed by atoms with Crippen LogP contribution in [-0.4, -0.2) is 107 Å². The van der Waals surface area contributed by atoms with Crippen molar-refractivity contribution >= 4 is 13.8 Å². The van der Waals surface area contributed by atoms with Gasteiger partial charge in [0, 0.05) is 5.92 Å². The number of methoxy groups -OCH3 is 2. The molecule has 19 nitrogen and oxygen atoms in total. The molecule has 8 N–H and O–H groups in total. The number of ether oxygens (including phenoxy) is 9. The molecule has 20 heteroatoms. The first-order valence-corrected chi connectivity index (χ1v) is 16.5. The molecule has 1 aliphatic carbocycles. The van der Waals surface area contributed by atoms with E-state index in [0.29, 0.717) is 0 Å². The number of carbonyl (C=O) groups excluding carboxylic acids is 1. The summed E-state index contributed by atoms with van der Waals surface area (Å²) in [6, 6.07) is 5.01. The van der Waals surface area contributed by atoms with Crippen LogP contribution in [0.25, 0.3) is 0 Å². The van der Waals surface area contributed by atoms with Crippen molar-refractivity contribution in [2.45, 2.75) is 61.7 Å². The number of nitrogens with two attached hydrogens (primary N) is 1. The van der Waals surface area contributed by atoms with Crippen LogP contribution in [0.15, 0.2) is 24.3 Å². The van der Waals surface area contributed by atoms with Crippen LogP contribution in [0.3, 0.4) is 0 Å². The third-order valence-electron chi connectivity index (χ3n) is 9.16. The third-order valence-corrected chi connectivity index (χ3v) is 9.58. The van der Waals surface area contributed by atoms with Crippen molar-refractivity contribution in [1.82, 2.24) is 0 Å². The SMILES string of the molecule is COc1cc(C2(O)c3cc4c(cc3C(OC3OC5COC(C)OC5C(O)C3O)C3COC(=O)C32)OC(N)(O)O4)cc(OC)c1OP(=O)(O)O. The Morgan fingerprint density at radius 3 is 2.24 bits per heavy atom. The van der Waals surface area contributed by atoms with Crippen LogP contribution < -0.4 is 29.2 Å². The molecule has 5 aliphatic rings. The summed E-state index contributed by atoms with van der Waals surface area (Å²) in [6.07, 6.45) is -10.8. The van der Waals surface area contributed by atoms with E-state index in [4.69, 9.17) is 52.9 Å². The highest BCUT2D eigenvalue weighted by molar-refractivity contribution is 7.46. The molecule has 0 aromatic heterocycles. The summed E-state index contributed by atoms with van der Waals surface area (Å²) in [5.74, 6) is -4.57. The Labute approximate surface area is 277 Å². The van der Waals surface area contributed by atoms with Gasteiger partial charge in [0.15, 0.2) is 35.6 Å². The van der Waals surface area contributed by atoms with Crippen LogP contribution >= 0.6 is 7.82 Å². The molecule has 0 amide bonds. The van der Waals surface area contributed by atoms with Crippen LogP contribution in [0, 0.1) is 11.8 Å². The first-order chi connectivity index (χ1) is 23.0. The first-order valence-electron chi connectivity index (χ1n) is 15.0. The maximum atomic E-state index is 13.6. The molecule has 0 bridgehead atoms. The van der Waals surface area contributed by atoms with Gasteiger partial charge in [-0.3, -0.25) is 14.6 Å². The number of carbonyl (C=O) groups is 1. The molecule has 268 valence electrons. The second-order valence-corrected chi connectivity index (χ2v) is 13.3. The highest BCUT2D eigenvalue weighted by atomic mass is 31.2. The molecule has 11 atom stereocenters. The minimum Gasteiger partial charge on any atom is -0.493 e. The van der Waals surface area contributed by atoms with Gasteiger partial charge in [0.05, 0.1) is 33.5 Å². The van der Waals surface area contributed by atoms with Crippen LogP contribution in [-0.2, 0) is 38.6 Å². The fourth-order valence-corrected chi connectivity index (χ4v) is 7.51. The zero-order valence-corrected chi connectivity index (χ0v) is 26.9. The van der Waals surface area contributed by atoms with Crippen LogP contribution in [0.2, 0.25) is 0 Å². The molecule has 49 heavy (non-hydrogen) atoms. The van der Waals surface area contributed by atoms with Gasteiger partial charge in [-0.25, -0.2) is 10.3 Å². The Morgan fingerprint density at radius 1 is 0.959 bits per heavy atom. The highest BCUT2D eigenvalue weighted by Gasteiger charge is 2.62. The number of aliphatic hydroxyl groups is 4. The summed E-state index contributed by atoms with van der Waals surface area (Å²) in [5.41, 5.74) is 3.35. The van der Waals surface area contributed by atoms with Crippen LogP contribution in [0.4, 0.5) is 0 Å². The Bertz CT molecular complexity index is 1670. The average Bonchev–Trinajstić information content (AvgIpc) is 3.57. The number of hydrogen-bond acceptors (Lipinski definition) is 17. The number of fused-ring (bicyclic) bond motifs is 4. The van der Waals surface area contributed by atoms with Gasteiger partial charge in [-0.15, -0.1) is 0 Å². The first kappa shape index (κ1) is 34.2. The maximum Gasteiger partial charge on any atom is 0.525 e. The largest absolute Gasteiger partial charge is 0.525 e. The zero-order valence-electron chi connectivity index (χ0n) is 26.0. The van der Waals surface area contributed by atoms with E-state index >= 15 is 0 Å². The second kappa shape index (κ2) is 11.9. The van der Waals surface area contributed by atoms with Gasteiger partial charge in [-0.05, 0) is 47.9 Å². The summed E-state index contributed by atoms with van der Waals surface area (Å²) in [4.78, 5) is 32.6. The van der Waals surface area contributed by atoms with Crippen LogP contribution in [0.1, 0.15) is 29.7 Å². The van der Waals surface area contributed by atoms with Crippen molar-refractivity contribution in [3.8, 4) is 28.7 Å². The summed E-state index contributed by atoms with van der Waals surface area (Å²) in [5, 5.41) is 45.2. The van der Waals surface area contributed by atoms with E-state index in [-0.39, 0.29) is 52.9 Å². The van der Waals surface area contributed by atoms with Gasteiger partial charge in [0.1, 0.15) is 35.9 Å². The molecule has 2 aromatic carbocycles. The number of benzene rings is 2.